The summed E-state index contributed by atoms with van der Waals surface area (Å²) in [5.41, 5.74) is 1.32. The van der Waals surface area contributed by atoms with Gasteiger partial charge in [-0.2, -0.15) is 0 Å². The van der Waals surface area contributed by atoms with Crippen molar-refractivity contribution in [3.05, 3.63) is 40.0 Å². The van der Waals surface area contributed by atoms with E-state index in [1.807, 2.05) is 19.1 Å². The third-order valence-electron chi connectivity index (χ3n) is 2.13. The van der Waals surface area contributed by atoms with Crippen molar-refractivity contribution in [2.24, 2.45) is 0 Å². The lowest BCUT2D eigenvalue weighted by Crippen LogP contribution is -1.86. The van der Waals surface area contributed by atoms with E-state index in [1.54, 1.807) is 11.8 Å². The van der Waals surface area contributed by atoms with Crippen LogP contribution in [0.3, 0.4) is 0 Å². The van der Waals surface area contributed by atoms with E-state index in [4.69, 9.17) is 4.42 Å². The van der Waals surface area contributed by atoms with Crippen molar-refractivity contribution in [1.82, 2.24) is 0 Å². The number of furan rings is 1. The summed E-state index contributed by atoms with van der Waals surface area (Å²) in [5.74, 6) is 2.00. The molecular formula is C11H12OS. The SMILES string of the molecule is CC1=C(c2ccc(C)o2)CC=CS1. The molecule has 0 unspecified atom stereocenters. The van der Waals surface area contributed by atoms with Crippen LogP contribution in [0.2, 0.25) is 0 Å². The molecule has 1 aromatic heterocycles. The smallest absolute Gasteiger partial charge is 0.131 e. The zero-order valence-electron chi connectivity index (χ0n) is 7.83. The van der Waals surface area contributed by atoms with E-state index in [-0.39, 0.29) is 0 Å². The van der Waals surface area contributed by atoms with Crippen molar-refractivity contribution in [2.75, 3.05) is 0 Å². The molecule has 0 bridgehead atoms. The Labute approximate surface area is 82.5 Å². The second kappa shape index (κ2) is 3.46. The maximum absolute atomic E-state index is 5.59. The van der Waals surface area contributed by atoms with Crippen molar-refractivity contribution in [1.29, 1.82) is 0 Å². The van der Waals surface area contributed by atoms with Gasteiger partial charge in [0.2, 0.25) is 0 Å². The summed E-state index contributed by atoms with van der Waals surface area (Å²) in [4.78, 5) is 1.34. The van der Waals surface area contributed by atoms with Gasteiger partial charge in [0.1, 0.15) is 11.5 Å². The number of rotatable bonds is 1. The molecule has 2 heteroatoms. The minimum absolute atomic E-state index is 0.981. The minimum atomic E-state index is 0.981. The molecule has 0 aliphatic carbocycles. The predicted octanol–water partition coefficient (Wildman–Crippen LogP) is 3.97. The van der Waals surface area contributed by atoms with Crippen LogP contribution in [0.15, 0.2) is 32.9 Å². The maximum Gasteiger partial charge on any atom is 0.131 e. The van der Waals surface area contributed by atoms with Gasteiger partial charge in [0, 0.05) is 5.57 Å². The standard InChI is InChI=1S/C11H12OS/c1-8-5-6-11(12-8)10-4-3-7-13-9(10)2/h3,5-7H,4H2,1-2H3. The highest BCUT2D eigenvalue weighted by atomic mass is 32.2. The Morgan fingerprint density at radius 1 is 1.31 bits per heavy atom. The van der Waals surface area contributed by atoms with Crippen LogP contribution in [0.4, 0.5) is 0 Å². The van der Waals surface area contributed by atoms with Gasteiger partial charge in [-0.25, -0.2) is 0 Å². The molecule has 2 rings (SSSR count). The van der Waals surface area contributed by atoms with Gasteiger partial charge >= 0.3 is 0 Å². The van der Waals surface area contributed by atoms with Crippen molar-refractivity contribution in [3.8, 4) is 0 Å². The van der Waals surface area contributed by atoms with Crippen LogP contribution in [0.1, 0.15) is 24.9 Å². The highest BCUT2D eigenvalue weighted by molar-refractivity contribution is 8.06. The highest BCUT2D eigenvalue weighted by Gasteiger charge is 2.10. The lowest BCUT2D eigenvalue weighted by Gasteiger charge is -2.09. The van der Waals surface area contributed by atoms with Gasteiger partial charge < -0.3 is 4.42 Å². The lowest BCUT2D eigenvalue weighted by molar-refractivity contribution is 0.520. The van der Waals surface area contributed by atoms with Crippen molar-refractivity contribution >= 4 is 17.3 Å². The van der Waals surface area contributed by atoms with Crippen LogP contribution < -0.4 is 0 Å². The first kappa shape index (κ1) is 8.70. The number of aryl methyl sites for hydroxylation is 1. The Morgan fingerprint density at radius 3 is 2.77 bits per heavy atom. The Balaban J connectivity index is 2.35. The summed E-state index contributed by atoms with van der Waals surface area (Å²) < 4.78 is 5.59. The molecule has 68 valence electrons. The van der Waals surface area contributed by atoms with Crippen LogP contribution in [-0.4, -0.2) is 0 Å². The van der Waals surface area contributed by atoms with E-state index in [9.17, 15) is 0 Å². The van der Waals surface area contributed by atoms with E-state index >= 15 is 0 Å². The summed E-state index contributed by atoms with van der Waals surface area (Å²) in [7, 11) is 0. The van der Waals surface area contributed by atoms with E-state index in [2.05, 4.69) is 18.4 Å². The molecule has 0 atom stereocenters. The molecule has 0 saturated carbocycles. The molecule has 2 heterocycles. The molecule has 1 aliphatic rings. The molecular weight excluding hydrogens is 180 g/mol. The van der Waals surface area contributed by atoms with Crippen LogP contribution >= 0.6 is 11.8 Å². The van der Waals surface area contributed by atoms with Crippen molar-refractivity contribution in [3.63, 3.8) is 0 Å². The first-order valence-corrected chi connectivity index (χ1v) is 5.23. The third-order valence-corrected chi connectivity index (χ3v) is 3.05. The van der Waals surface area contributed by atoms with Crippen molar-refractivity contribution in [2.45, 2.75) is 20.3 Å². The first-order valence-electron chi connectivity index (χ1n) is 4.35. The topological polar surface area (TPSA) is 13.1 Å². The molecule has 0 fully saturated rings. The summed E-state index contributed by atoms with van der Waals surface area (Å²) in [6.07, 6.45) is 3.16. The van der Waals surface area contributed by atoms with Gasteiger partial charge in [0.15, 0.2) is 0 Å². The largest absolute Gasteiger partial charge is 0.462 e. The molecule has 0 saturated heterocycles. The molecule has 0 amide bonds. The fourth-order valence-electron chi connectivity index (χ4n) is 1.40. The highest BCUT2D eigenvalue weighted by Crippen LogP contribution is 2.34. The zero-order chi connectivity index (χ0) is 9.26. The van der Waals surface area contributed by atoms with E-state index < -0.39 is 0 Å². The van der Waals surface area contributed by atoms with Crippen molar-refractivity contribution < 1.29 is 4.42 Å². The Morgan fingerprint density at radius 2 is 2.15 bits per heavy atom. The molecule has 0 spiro atoms. The quantitative estimate of drug-likeness (QED) is 0.668. The van der Waals surface area contributed by atoms with E-state index in [0.29, 0.717) is 0 Å². The summed E-state index contributed by atoms with van der Waals surface area (Å²) in [6, 6.07) is 4.06. The fourth-order valence-corrected chi connectivity index (χ4v) is 2.12. The van der Waals surface area contributed by atoms with Gasteiger partial charge in [0.25, 0.3) is 0 Å². The summed E-state index contributed by atoms with van der Waals surface area (Å²) in [5, 5.41) is 2.13. The van der Waals surface area contributed by atoms with Gasteiger partial charge in [-0.3, -0.25) is 0 Å². The molecule has 0 radical (unpaired) electrons. The molecule has 1 aliphatic heterocycles. The summed E-state index contributed by atoms with van der Waals surface area (Å²) >= 11 is 1.77. The average molecular weight is 192 g/mol. The number of allylic oxidation sites excluding steroid dienone is 3. The average Bonchev–Trinajstić information content (AvgIpc) is 2.53. The second-order valence-electron chi connectivity index (χ2n) is 3.14. The van der Waals surface area contributed by atoms with E-state index in [1.165, 1.54) is 10.5 Å². The number of thioether (sulfide) groups is 1. The maximum atomic E-state index is 5.59. The fraction of sp³-hybridized carbons (Fsp3) is 0.273. The molecule has 1 nitrogen and oxygen atoms in total. The number of hydrogen-bond donors (Lipinski definition) is 0. The molecule has 0 N–H and O–H groups in total. The Bertz CT molecular complexity index is 371. The molecule has 0 aromatic carbocycles. The number of hydrogen-bond acceptors (Lipinski definition) is 2. The summed E-state index contributed by atoms with van der Waals surface area (Å²) in [6.45, 7) is 4.12. The van der Waals surface area contributed by atoms with Crippen LogP contribution in [0, 0.1) is 6.92 Å². The Kier molecular flexibility index (Phi) is 2.32. The first-order chi connectivity index (χ1) is 6.27. The van der Waals surface area contributed by atoms with Gasteiger partial charge in [0.05, 0.1) is 0 Å². The molecule has 13 heavy (non-hydrogen) atoms. The van der Waals surface area contributed by atoms with Crippen LogP contribution in [0.25, 0.3) is 5.57 Å². The predicted molar refractivity (Wildman–Crippen MR) is 57.4 cm³/mol. The monoisotopic (exact) mass is 192 g/mol. The van der Waals surface area contributed by atoms with Crippen LogP contribution in [0.5, 0.6) is 0 Å². The second-order valence-corrected chi connectivity index (χ2v) is 4.26. The normalized spacial score (nSPS) is 16.8. The zero-order valence-corrected chi connectivity index (χ0v) is 8.65. The van der Waals surface area contributed by atoms with Gasteiger partial charge in [-0.1, -0.05) is 6.08 Å². The minimum Gasteiger partial charge on any atom is -0.462 e. The Hall–Kier alpha value is -0.890. The lowest BCUT2D eigenvalue weighted by atomic mass is 10.1. The van der Waals surface area contributed by atoms with Crippen LogP contribution in [-0.2, 0) is 0 Å². The molecule has 1 aromatic rings. The van der Waals surface area contributed by atoms with Gasteiger partial charge in [-0.15, -0.1) is 11.8 Å². The van der Waals surface area contributed by atoms with E-state index in [0.717, 1.165) is 17.9 Å². The third kappa shape index (κ3) is 1.73. The van der Waals surface area contributed by atoms with Gasteiger partial charge in [-0.05, 0) is 42.7 Å².